The van der Waals surface area contributed by atoms with Crippen LogP contribution in [-0.4, -0.2) is 23.9 Å². The van der Waals surface area contributed by atoms with Crippen LogP contribution in [0.4, 0.5) is 5.69 Å². The van der Waals surface area contributed by atoms with E-state index in [-0.39, 0.29) is 24.2 Å². The van der Waals surface area contributed by atoms with Gasteiger partial charge in [-0.05, 0) is 49.4 Å². The number of anilines is 1. The number of carbonyl (C=O) groups is 2. The van der Waals surface area contributed by atoms with Gasteiger partial charge in [-0.1, -0.05) is 33.1 Å². The summed E-state index contributed by atoms with van der Waals surface area (Å²) in [4.78, 5) is 24.3. The quantitative estimate of drug-likeness (QED) is 0.719. The lowest BCUT2D eigenvalue weighted by atomic mass is 9.95. The molecule has 2 amide bonds. The van der Waals surface area contributed by atoms with E-state index in [1.54, 1.807) is 24.3 Å². The van der Waals surface area contributed by atoms with Crippen LogP contribution in [0.5, 0.6) is 0 Å². The van der Waals surface area contributed by atoms with E-state index in [0.29, 0.717) is 29.6 Å². The molecular formula is C19H30ClN3O2. The van der Waals surface area contributed by atoms with E-state index < -0.39 is 6.04 Å². The van der Waals surface area contributed by atoms with Crippen LogP contribution < -0.4 is 16.4 Å². The molecule has 1 aliphatic rings. The van der Waals surface area contributed by atoms with E-state index in [1.165, 1.54) is 19.3 Å². The van der Waals surface area contributed by atoms with E-state index in [1.807, 2.05) is 13.8 Å². The molecule has 0 heterocycles. The molecule has 5 nitrogen and oxygen atoms in total. The van der Waals surface area contributed by atoms with Crippen molar-refractivity contribution < 1.29 is 9.59 Å². The first-order valence-electron chi connectivity index (χ1n) is 8.93. The van der Waals surface area contributed by atoms with Crippen LogP contribution in [0.15, 0.2) is 24.3 Å². The topological polar surface area (TPSA) is 84.2 Å². The van der Waals surface area contributed by atoms with Crippen molar-refractivity contribution >= 4 is 29.9 Å². The van der Waals surface area contributed by atoms with E-state index in [9.17, 15) is 9.59 Å². The molecule has 0 radical (unpaired) electrons. The number of carbonyl (C=O) groups excluding carboxylic acids is 2. The average Bonchev–Trinajstić information content (AvgIpc) is 2.55. The zero-order valence-electron chi connectivity index (χ0n) is 15.1. The highest BCUT2D eigenvalue weighted by molar-refractivity contribution is 5.97. The maximum atomic E-state index is 12.3. The number of amides is 2. The third kappa shape index (κ3) is 7.04. The number of benzene rings is 1. The summed E-state index contributed by atoms with van der Waals surface area (Å²) in [7, 11) is 0. The Bertz CT molecular complexity index is 554. The van der Waals surface area contributed by atoms with Crippen molar-refractivity contribution in [2.75, 3.05) is 5.32 Å². The van der Waals surface area contributed by atoms with Crippen molar-refractivity contribution in [2.24, 2.45) is 11.7 Å². The van der Waals surface area contributed by atoms with Gasteiger partial charge in [0.25, 0.3) is 5.91 Å². The Kier molecular flexibility index (Phi) is 8.93. The molecule has 0 unspecified atom stereocenters. The fourth-order valence-corrected chi connectivity index (χ4v) is 3.07. The third-order valence-electron chi connectivity index (χ3n) is 4.42. The lowest BCUT2D eigenvalue weighted by molar-refractivity contribution is -0.117. The van der Waals surface area contributed by atoms with Gasteiger partial charge in [-0.15, -0.1) is 12.4 Å². The van der Waals surface area contributed by atoms with Crippen molar-refractivity contribution in [1.82, 2.24) is 5.32 Å². The normalized spacial score (nSPS) is 16.0. The first-order chi connectivity index (χ1) is 11.5. The predicted molar refractivity (Wildman–Crippen MR) is 104 cm³/mol. The molecule has 1 aliphatic carbocycles. The minimum Gasteiger partial charge on any atom is -0.349 e. The summed E-state index contributed by atoms with van der Waals surface area (Å²) in [6.45, 7) is 4.07. The number of halogens is 1. The van der Waals surface area contributed by atoms with Gasteiger partial charge in [0.1, 0.15) is 0 Å². The maximum absolute atomic E-state index is 12.3. The van der Waals surface area contributed by atoms with Crippen molar-refractivity contribution in [2.45, 2.75) is 64.5 Å². The summed E-state index contributed by atoms with van der Waals surface area (Å²) in [5.74, 6) is 0.135. The molecule has 6 heteroatoms. The minimum absolute atomic E-state index is 0. The number of nitrogens with two attached hydrogens (primary N) is 1. The lowest BCUT2D eigenvalue weighted by Crippen LogP contribution is -2.37. The van der Waals surface area contributed by atoms with Gasteiger partial charge in [-0.2, -0.15) is 0 Å². The molecule has 0 saturated heterocycles. The number of hydrogen-bond donors (Lipinski definition) is 3. The van der Waals surface area contributed by atoms with Gasteiger partial charge in [0.15, 0.2) is 0 Å². The molecular weight excluding hydrogens is 338 g/mol. The second-order valence-corrected chi connectivity index (χ2v) is 7.11. The lowest BCUT2D eigenvalue weighted by Gasteiger charge is -2.22. The number of nitrogens with one attached hydrogen (secondary N) is 2. The van der Waals surface area contributed by atoms with Crippen LogP contribution in [0.25, 0.3) is 0 Å². The Morgan fingerprint density at radius 2 is 1.72 bits per heavy atom. The zero-order chi connectivity index (χ0) is 17.5. The minimum atomic E-state index is -0.515. The Hall–Kier alpha value is -1.59. The molecule has 1 fully saturated rings. The summed E-state index contributed by atoms with van der Waals surface area (Å²) in [6, 6.07) is 6.74. The van der Waals surface area contributed by atoms with Crippen LogP contribution in [0.2, 0.25) is 0 Å². The summed E-state index contributed by atoms with van der Waals surface area (Å²) in [6.07, 6.45) is 6.41. The maximum Gasteiger partial charge on any atom is 0.251 e. The summed E-state index contributed by atoms with van der Waals surface area (Å²) < 4.78 is 0. The Morgan fingerprint density at radius 3 is 2.28 bits per heavy atom. The summed E-state index contributed by atoms with van der Waals surface area (Å²) >= 11 is 0. The standard InChI is InChI=1S/C19H29N3O2.ClH/c1-13(2)12-17(20)19(24)22-16-10-8-14(9-11-16)18(23)21-15-6-4-3-5-7-15;/h8-11,13,15,17H,3-7,12,20H2,1-2H3,(H,21,23)(H,22,24);1H/t17-;/m0./s1. The molecule has 1 saturated carbocycles. The van der Waals surface area contributed by atoms with Crippen molar-refractivity contribution in [3.63, 3.8) is 0 Å². The molecule has 0 spiro atoms. The third-order valence-corrected chi connectivity index (χ3v) is 4.42. The first-order valence-corrected chi connectivity index (χ1v) is 8.93. The van der Waals surface area contributed by atoms with E-state index in [2.05, 4.69) is 10.6 Å². The highest BCUT2D eigenvalue weighted by Gasteiger charge is 2.17. The molecule has 0 aromatic heterocycles. The highest BCUT2D eigenvalue weighted by atomic mass is 35.5. The summed E-state index contributed by atoms with van der Waals surface area (Å²) in [5.41, 5.74) is 7.15. The Labute approximate surface area is 156 Å². The molecule has 1 aromatic carbocycles. The van der Waals surface area contributed by atoms with E-state index >= 15 is 0 Å². The van der Waals surface area contributed by atoms with Crippen LogP contribution in [-0.2, 0) is 4.79 Å². The van der Waals surface area contributed by atoms with Gasteiger partial charge in [0, 0.05) is 17.3 Å². The van der Waals surface area contributed by atoms with E-state index in [0.717, 1.165) is 12.8 Å². The zero-order valence-corrected chi connectivity index (χ0v) is 15.9. The van der Waals surface area contributed by atoms with Crippen LogP contribution in [0.3, 0.4) is 0 Å². The van der Waals surface area contributed by atoms with Crippen LogP contribution >= 0.6 is 12.4 Å². The molecule has 1 aromatic rings. The SMILES string of the molecule is CC(C)C[C@H](N)C(=O)Nc1ccc(C(=O)NC2CCCCC2)cc1.Cl. The van der Waals surface area contributed by atoms with Gasteiger partial charge < -0.3 is 16.4 Å². The second kappa shape index (κ2) is 10.4. The van der Waals surface area contributed by atoms with E-state index in [4.69, 9.17) is 5.73 Å². The Morgan fingerprint density at radius 1 is 1.12 bits per heavy atom. The average molecular weight is 368 g/mol. The van der Waals surface area contributed by atoms with Crippen molar-refractivity contribution in [1.29, 1.82) is 0 Å². The van der Waals surface area contributed by atoms with Crippen LogP contribution in [0, 0.1) is 5.92 Å². The molecule has 140 valence electrons. The molecule has 2 rings (SSSR count). The van der Waals surface area contributed by atoms with Gasteiger partial charge in [-0.3, -0.25) is 9.59 Å². The van der Waals surface area contributed by atoms with Crippen molar-refractivity contribution in [3.05, 3.63) is 29.8 Å². The monoisotopic (exact) mass is 367 g/mol. The smallest absolute Gasteiger partial charge is 0.251 e. The largest absolute Gasteiger partial charge is 0.349 e. The fraction of sp³-hybridized carbons (Fsp3) is 0.579. The summed E-state index contributed by atoms with van der Waals surface area (Å²) in [5, 5.41) is 5.89. The molecule has 1 atom stereocenters. The molecule has 0 bridgehead atoms. The van der Waals surface area contributed by atoms with Gasteiger partial charge in [0.05, 0.1) is 6.04 Å². The second-order valence-electron chi connectivity index (χ2n) is 7.11. The highest BCUT2D eigenvalue weighted by Crippen LogP contribution is 2.18. The fourth-order valence-electron chi connectivity index (χ4n) is 3.07. The predicted octanol–water partition coefficient (Wildman–Crippen LogP) is 3.48. The first kappa shape index (κ1) is 21.5. The molecule has 25 heavy (non-hydrogen) atoms. The van der Waals surface area contributed by atoms with Crippen molar-refractivity contribution in [3.8, 4) is 0 Å². The molecule has 0 aliphatic heterocycles. The number of hydrogen-bond acceptors (Lipinski definition) is 3. The van der Waals surface area contributed by atoms with Gasteiger partial charge >= 0.3 is 0 Å². The van der Waals surface area contributed by atoms with Gasteiger partial charge in [-0.25, -0.2) is 0 Å². The number of rotatable bonds is 6. The van der Waals surface area contributed by atoms with Crippen LogP contribution in [0.1, 0.15) is 62.7 Å². The van der Waals surface area contributed by atoms with Gasteiger partial charge in [0.2, 0.25) is 5.91 Å². The Balaban J connectivity index is 0.00000312. The molecule has 4 N–H and O–H groups in total.